The van der Waals surface area contributed by atoms with Crippen LogP contribution < -0.4 is 10.0 Å². The molecule has 0 atom stereocenters. The molecule has 1 aromatic heterocycles. The van der Waals surface area contributed by atoms with Gasteiger partial charge in [0, 0.05) is 0 Å². The number of para-hydroxylation sites is 1. The summed E-state index contributed by atoms with van der Waals surface area (Å²) in [6, 6.07) is 9.96. The maximum absolute atomic E-state index is 12.1. The van der Waals surface area contributed by atoms with Gasteiger partial charge in [-0.05, 0) is 0 Å². The number of aromatic nitrogens is 1. The van der Waals surface area contributed by atoms with E-state index in [1.54, 1.807) is 4.57 Å². The Morgan fingerprint density at radius 1 is 1.12 bits per heavy atom. The number of carbonyl (C=O) groups excluding carboxylic acids is 1. The van der Waals surface area contributed by atoms with Crippen molar-refractivity contribution >= 4 is 36.3 Å². The van der Waals surface area contributed by atoms with Crippen LogP contribution in [0.3, 0.4) is 0 Å². The second kappa shape index (κ2) is 10.4. The van der Waals surface area contributed by atoms with E-state index in [0.717, 1.165) is 23.7 Å². The third-order valence-corrected chi connectivity index (χ3v) is 6.61. The van der Waals surface area contributed by atoms with Crippen molar-refractivity contribution in [3.8, 4) is 0 Å². The summed E-state index contributed by atoms with van der Waals surface area (Å²) in [7, 11) is 1.83. The predicted molar refractivity (Wildman–Crippen MR) is 104 cm³/mol. The summed E-state index contributed by atoms with van der Waals surface area (Å²) in [5, 5.41) is 2.37. The Hall–Kier alpha value is -1.58. The molecule has 0 saturated heterocycles. The molecule has 1 heterocycles. The molecule has 0 N–H and O–H groups in total. The van der Waals surface area contributed by atoms with Gasteiger partial charge in [0.1, 0.15) is 0 Å². The first-order valence-corrected chi connectivity index (χ1v) is 11.1. The van der Waals surface area contributed by atoms with Crippen LogP contribution in [0.2, 0.25) is 5.32 Å². The van der Waals surface area contributed by atoms with E-state index in [1.165, 1.54) is 29.1 Å². The molecule has 0 spiro atoms. The van der Waals surface area contributed by atoms with E-state index in [2.05, 4.69) is 6.07 Å². The maximum atomic E-state index is 12.1. The van der Waals surface area contributed by atoms with E-state index in [1.807, 2.05) is 38.2 Å². The van der Waals surface area contributed by atoms with Gasteiger partial charge >= 0.3 is 155 Å². The third-order valence-electron chi connectivity index (χ3n) is 4.21. The fourth-order valence-corrected chi connectivity index (χ4v) is 4.97. The molecule has 136 valence electrons. The quantitative estimate of drug-likeness (QED) is 0.345. The van der Waals surface area contributed by atoms with Crippen molar-refractivity contribution in [1.29, 1.82) is 0 Å². The zero-order chi connectivity index (χ0) is 18.1. The zero-order valence-corrected chi connectivity index (χ0v) is 16.8. The van der Waals surface area contributed by atoms with Crippen LogP contribution in [0, 0.1) is 0 Å². The van der Waals surface area contributed by atoms with Crippen LogP contribution in [0.5, 0.6) is 0 Å². The Kier molecular flexibility index (Phi) is 8.23. The number of aryl methyl sites for hydroxylation is 1. The third kappa shape index (κ3) is 6.02. The Labute approximate surface area is 155 Å². The SMILES string of the molecule is CCC(=O)OCCCCCCC[Se]c1cc(=O)n(C)c2ccccc12. The standard InChI is InChI=1S/C20H27NO3Se/c1-3-20(23)24-13-9-5-4-6-10-14-25-18-15-19(22)21(2)17-12-8-7-11-16(17)18/h7-8,11-12,15H,3-6,9-10,13-14H2,1-2H3. The Balaban J connectivity index is 1.71. The van der Waals surface area contributed by atoms with Gasteiger partial charge in [-0.25, -0.2) is 0 Å². The monoisotopic (exact) mass is 409 g/mol. The van der Waals surface area contributed by atoms with Gasteiger partial charge in [-0.1, -0.05) is 0 Å². The van der Waals surface area contributed by atoms with Gasteiger partial charge in [-0.15, -0.1) is 0 Å². The summed E-state index contributed by atoms with van der Waals surface area (Å²) < 4.78 is 8.01. The summed E-state index contributed by atoms with van der Waals surface area (Å²) in [5.41, 5.74) is 1.10. The molecule has 4 nitrogen and oxygen atoms in total. The number of hydrogen-bond donors (Lipinski definition) is 0. The molecule has 0 amide bonds. The van der Waals surface area contributed by atoms with Crippen LogP contribution in [0.25, 0.3) is 10.9 Å². The minimum atomic E-state index is -0.107. The zero-order valence-electron chi connectivity index (χ0n) is 15.1. The topological polar surface area (TPSA) is 48.3 Å². The molecule has 25 heavy (non-hydrogen) atoms. The van der Waals surface area contributed by atoms with Gasteiger partial charge < -0.3 is 0 Å². The van der Waals surface area contributed by atoms with Crippen molar-refractivity contribution in [2.75, 3.05) is 6.61 Å². The minimum absolute atomic E-state index is 0.0807. The van der Waals surface area contributed by atoms with E-state index in [4.69, 9.17) is 4.74 Å². The van der Waals surface area contributed by atoms with Crippen LogP contribution in [-0.4, -0.2) is 32.1 Å². The second-order valence-corrected chi connectivity index (χ2v) is 8.50. The van der Waals surface area contributed by atoms with Crippen molar-refractivity contribution in [2.24, 2.45) is 7.05 Å². The average molecular weight is 408 g/mol. The molecule has 5 heteroatoms. The molecule has 1 aromatic carbocycles. The molecule has 0 aliphatic rings. The first-order valence-electron chi connectivity index (χ1n) is 9.00. The van der Waals surface area contributed by atoms with Gasteiger partial charge in [-0.2, -0.15) is 0 Å². The number of carbonyl (C=O) groups is 1. The number of pyridine rings is 1. The molecule has 0 saturated carbocycles. The molecule has 0 aliphatic carbocycles. The van der Waals surface area contributed by atoms with Crippen molar-refractivity contribution in [1.82, 2.24) is 4.57 Å². The van der Waals surface area contributed by atoms with Gasteiger partial charge in [0.25, 0.3) is 0 Å². The normalized spacial score (nSPS) is 11.0. The number of unbranched alkanes of at least 4 members (excludes halogenated alkanes) is 4. The predicted octanol–water partition coefficient (Wildman–Crippen LogP) is 3.19. The molecule has 0 unspecified atom stereocenters. The summed E-state index contributed by atoms with van der Waals surface area (Å²) in [4.78, 5) is 23.1. The molecular weight excluding hydrogens is 381 g/mol. The van der Waals surface area contributed by atoms with Crippen molar-refractivity contribution < 1.29 is 9.53 Å². The van der Waals surface area contributed by atoms with E-state index in [-0.39, 0.29) is 11.5 Å². The number of rotatable bonds is 10. The first kappa shape index (κ1) is 19.7. The second-order valence-electron chi connectivity index (χ2n) is 6.11. The van der Waals surface area contributed by atoms with Gasteiger partial charge in [-0.3, -0.25) is 0 Å². The van der Waals surface area contributed by atoms with E-state index < -0.39 is 0 Å². The fourth-order valence-electron chi connectivity index (χ4n) is 2.70. The Morgan fingerprint density at radius 3 is 2.64 bits per heavy atom. The number of ether oxygens (including phenoxy) is 1. The number of hydrogen-bond acceptors (Lipinski definition) is 3. The van der Waals surface area contributed by atoms with Crippen molar-refractivity contribution in [2.45, 2.75) is 50.8 Å². The number of fused-ring (bicyclic) bond motifs is 1. The molecule has 0 radical (unpaired) electrons. The van der Waals surface area contributed by atoms with Crippen LogP contribution in [0.1, 0.15) is 45.4 Å². The molecule has 0 aliphatic heterocycles. The number of nitrogens with zero attached hydrogens (tertiary/aromatic N) is 1. The Morgan fingerprint density at radius 2 is 1.84 bits per heavy atom. The molecule has 0 bridgehead atoms. The van der Waals surface area contributed by atoms with Crippen LogP contribution in [0.4, 0.5) is 0 Å². The van der Waals surface area contributed by atoms with Crippen molar-refractivity contribution in [3.63, 3.8) is 0 Å². The van der Waals surface area contributed by atoms with E-state index in [9.17, 15) is 9.59 Å². The summed E-state index contributed by atoms with van der Waals surface area (Å²) >= 11 is 0.337. The van der Waals surface area contributed by atoms with Crippen LogP contribution >= 0.6 is 0 Å². The van der Waals surface area contributed by atoms with E-state index >= 15 is 0 Å². The first-order chi connectivity index (χ1) is 12.1. The van der Waals surface area contributed by atoms with Crippen molar-refractivity contribution in [3.05, 3.63) is 40.7 Å². The van der Waals surface area contributed by atoms with Gasteiger partial charge in [0.05, 0.1) is 0 Å². The number of esters is 1. The summed E-state index contributed by atoms with van der Waals surface area (Å²) in [6.45, 7) is 2.37. The van der Waals surface area contributed by atoms with Crippen LogP contribution in [-0.2, 0) is 16.6 Å². The van der Waals surface area contributed by atoms with Gasteiger partial charge in [0.2, 0.25) is 0 Å². The molecule has 0 fully saturated rings. The summed E-state index contributed by atoms with van der Waals surface area (Å²) in [5.74, 6) is -0.107. The Bertz CT molecular complexity index is 754. The molecule has 2 rings (SSSR count). The van der Waals surface area contributed by atoms with E-state index in [0.29, 0.717) is 28.0 Å². The fraction of sp³-hybridized carbons (Fsp3) is 0.500. The molecule has 2 aromatic rings. The summed E-state index contributed by atoms with van der Waals surface area (Å²) in [6.07, 6.45) is 6.09. The average Bonchev–Trinajstić information content (AvgIpc) is 2.63. The molecular formula is C20H27NO3Se. The van der Waals surface area contributed by atoms with Crippen LogP contribution in [0.15, 0.2) is 35.1 Å². The van der Waals surface area contributed by atoms with Gasteiger partial charge in [0.15, 0.2) is 0 Å². The number of benzene rings is 1.